The van der Waals surface area contributed by atoms with Gasteiger partial charge in [0, 0.05) is 7.11 Å². The lowest BCUT2D eigenvalue weighted by Crippen LogP contribution is -2.13. The summed E-state index contributed by atoms with van der Waals surface area (Å²) in [6, 6.07) is 0. The van der Waals surface area contributed by atoms with Crippen LogP contribution in [0.3, 0.4) is 0 Å². The Hall–Kier alpha value is -0.0800. The van der Waals surface area contributed by atoms with Gasteiger partial charge in [0.05, 0.1) is 6.10 Å². The third-order valence-electron chi connectivity index (χ3n) is 2.84. The maximum absolute atomic E-state index is 5.47. The Labute approximate surface area is 96.0 Å². The second-order valence-electron chi connectivity index (χ2n) is 4.65. The van der Waals surface area contributed by atoms with E-state index in [0.717, 1.165) is 0 Å². The zero-order valence-corrected chi connectivity index (χ0v) is 11.1. The second-order valence-corrected chi connectivity index (χ2v) is 4.65. The molecule has 0 bridgehead atoms. The lowest BCUT2D eigenvalue weighted by molar-refractivity contribution is 0.0835. The molecule has 0 fully saturated rings. The molecule has 0 N–H and O–H groups in total. The topological polar surface area (TPSA) is 12.5 Å². The number of hydrogen-bond acceptors (Lipinski definition) is 2. The summed E-state index contributed by atoms with van der Waals surface area (Å²) < 4.78 is 5.47. The quantitative estimate of drug-likeness (QED) is 0.518. The molecule has 0 aliphatic carbocycles. The van der Waals surface area contributed by atoms with Crippen molar-refractivity contribution in [2.45, 2.75) is 58.0 Å². The summed E-state index contributed by atoms with van der Waals surface area (Å²) >= 11 is 0. The van der Waals surface area contributed by atoms with Gasteiger partial charge >= 0.3 is 0 Å². The van der Waals surface area contributed by atoms with E-state index in [1.165, 1.54) is 51.5 Å². The molecular weight excluding hydrogens is 186 g/mol. The molecule has 2 heteroatoms. The lowest BCUT2D eigenvalue weighted by Gasteiger charge is -2.15. The predicted molar refractivity (Wildman–Crippen MR) is 67.3 cm³/mol. The van der Waals surface area contributed by atoms with Crippen molar-refractivity contribution in [3.63, 3.8) is 0 Å². The number of hydrogen-bond donors (Lipinski definition) is 0. The van der Waals surface area contributed by atoms with Crippen LogP contribution in [-0.4, -0.2) is 38.8 Å². The number of nitrogens with zero attached hydrogens (tertiary/aromatic N) is 1. The zero-order valence-electron chi connectivity index (χ0n) is 11.1. The molecule has 1 atom stereocenters. The summed E-state index contributed by atoms with van der Waals surface area (Å²) in [6.45, 7) is 3.45. The van der Waals surface area contributed by atoms with E-state index in [-0.39, 0.29) is 0 Å². The maximum Gasteiger partial charge on any atom is 0.0571 e. The maximum atomic E-state index is 5.47. The van der Waals surface area contributed by atoms with Crippen LogP contribution in [0.1, 0.15) is 51.9 Å². The molecule has 2 nitrogen and oxygen atoms in total. The highest BCUT2D eigenvalue weighted by atomic mass is 16.5. The standard InChI is InChI=1S/C13H29NO/c1-5-6-10-13(15-4)11-8-7-9-12-14(2)3/h13H,5-12H2,1-4H3/t13-/m0/s1. The molecule has 0 amide bonds. The van der Waals surface area contributed by atoms with E-state index in [4.69, 9.17) is 4.74 Å². The van der Waals surface area contributed by atoms with Gasteiger partial charge in [0.25, 0.3) is 0 Å². The molecule has 0 saturated heterocycles. The Balaban J connectivity index is 3.30. The zero-order chi connectivity index (χ0) is 11.5. The molecule has 0 aromatic carbocycles. The van der Waals surface area contributed by atoms with E-state index >= 15 is 0 Å². The third kappa shape index (κ3) is 10.2. The van der Waals surface area contributed by atoms with Crippen LogP contribution in [0.25, 0.3) is 0 Å². The van der Waals surface area contributed by atoms with Gasteiger partial charge < -0.3 is 9.64 Å². The van der Waals surface area contributed by atoms with Gasteiger partial charge in [-0.15, -0.1) is 0 Å². The first-order valence-electron chi connectivity index (χ1n) is 6.38. The molecule has 92 valence electrons. The predicted octanol–water partition coefficient (Wildman–Crippen LogP) is 3.31. The molecule has 0 rings (SSSR count). The van der Waals surface area contributed by atoms with Gasteiger partial charge in [-0.2, -0.15) is 0 Å². The minimum Gasteiger partial charge on any atom is -0.381 e. The van der Waals surface area contributed by atoms with Crippen molar-refractivity contribution in [2.75, 3.05) is 27.7 Å². The number of methoxy groups -OCH3 is 1. The highest BCUT2D eigenvalue weighted by Crippen LogP contribution is 2.12. The van der Waals surface area contributed by atoms with E-state index in [1.54, 1.807) is 0 Å². The summed E-state index contributed by atoms with van der Waals surface area (Å²) in [4.78, 5) is 2.25. The van der Waals surface area contributed by atoms with E-state index in [9.17, 15) is 0 Å². The normalized spacial score (nSPS) is 13.4. The largest absolute Gasteiger partial charge is 0.381 e. The summed E-state index contributed by atoms with van der Waals surface area (Å²) in [5.41, 5.74) is 0. The van der Waals surface area contributed by atoms with Gasteiger partial charge in [0.1, 0.15) is 0 Å². The van der Waals surface area contributed by atoms with Crippen molar-refractivity contribution >= 4 is 0 Å². The smallest absolute Gasteiger partial charge is 0.0571 e. The second kappa shape index (κ2) is 10.4. The Kier molecular flexibility index (Phi) is 10.4. The first-order chi connectivity index (χ1) is 7.20. The summed E-state index contributed by atoms with van der Waals surface area (Å²) in [7, 11) is 6.12. The Morgan fingerprint density at radius 1 is 1.00 bits per heavy atom. The van der Waals surface area contributed by atoms with Crippen molar-refractivity contribution in [2.24, 2.45) is 0 Å². The Bertz CT molecular complexity index is 126. The molecule has 15 heavy (non-hydrogen) atoms. The van der Waals surface area contributed by atoms with Crippen LogP contribution in [0.15, 0.2) is 0 Å². The van der Waals surface area contributed by atoms with Gasteiger partial charge in [-0.1, -0.05) is 32.6 Å². The SMILES string of the molecule is CCCC[C@@H](CCCCCN(C)C)OC. The van der Waals surface area contributed by atoms with Crippen LogP contribution < -0.4 is 0 Å². The number of ether oxygens (including phenoxy) is 1. The van der Waals surface area contributed by atoms with Crippen molar-refractivity contribution in [1.29, 1.82) is 0 Å². The first kappa shape index (κ1) is 14.9. The van der Waals surface area contributed by atoms with E-state index in [2.05, 4.69) is 25.9 Å². The summed E-state index contributed by atoms with van der Waals surface area (Å²) in [5.74, 6) is 0. The molecule has 0 radical (unpaired) electrons. The monoisotopic (exact) mass is 215 g/mol. The number of rotatable bonds is 10. The van der Waals surface area contributed by atoms with Gasteiger partial charge in [0.2, 0.25) is 0 Å². The molecule has 0 aliphatic heterocycles. The Morgan fingerprint density at radius 2 is 1.67 bits per heavy atom. The van der Waals surface area contributed by atoms with Gasteiger partial charge in [-0.25, -0.2) is 0 Å². The molecular formula is C13H29NO. The van der Waals surface area contributed by atoms with E-state index in [0.29, 0.717) is 6.10 Å². The highest BCUT2D eigenvalue weighted by molar-refractivity contribution is 4.58. The Morgan fingerprint density at radius 3 is 2.20 bits per heavy atom. The van der Waals surface area contributed by atoms with E-state index in [1.807, 2.05) is 7.11 Å². The average Bonchev–Trinajstić information content (AvgIpc) is 2.21. The molecule has 0 aliphatic rings. The first-order valence-corrected chi connectivity index (χ1v) is 6.38. The van der Waals surface area contributed by atoms with Crippen LogP contribution in [-0.2, 0) is 4.74 Å². The van der Waals surface area contributed by atoms with Crippen LogP contribution in [0.2, 0.25) is 0 Å². The third-order valence-corrected chi connectivity index (χ3v) is 2.84. The van der Waals surface area contributed by atoms with Gasteiger partial charge in [0.15, 0.2) is 0 Å². The fourth-order valence-electron chi connectivity index (χ4n) is 1.79. The van der Waals surface area contributed by atoms with Crippen molar-refractivity contribution in [3.05, 3.63) is 0 Å². The molecule has 0 spiro atoms. The highest BCUT2D eigenvalue weighted by Gasteiger charge is 2.05. The lowest BCUT2D eigenvalue weighted by atomic mass is 10.1. The molecule has 0 unspecified atom stereocenters. The average molecular weight is 215 g/mol. The van der Waals surface area contributed by atoms with Crippen molar-refractivity contribution in [3.8, 4) is 0 Å². The molecule has 0 saturated carbocycles. The van der Waals surface area contributed by atoms with Crippen LogP contribution >= 0.6 is 0 Å². The van der Waals surface area contributed by atoms with Gasteiger partial charge in [-0.3, -0.25) is 0 Å². The van der Waals surface area contributed by atoms with Gasteiger partial charge in [-0.05, 0) is 39.9 Å². The van der Waals surface area contributed by atoms with Crippen molar-refractivity contribution < 1.29 is 4.74 Å². The molecule has 0 aromatic heterocycles. The van der Waals surface area contributed by atoms with Crippen molar-refractivity contribution in [1.82, 2.24) is 4.90 Å². The van der Waals surface area contributed by atoms with Crippen LogP contribution in [0.4, 0.5) is 0 Å². The molecule has 0 heterocycles. The minimum absolute atomic E-state index is 0.504. The fraction of sp³-hybridized carbons (Fsp3) is 1.00. The van der Waals surface area contributed by atoms with Crippen LogP contribution in [0.5, 0.6) is 0 Å². The number of unbranched alkanes of at least 4 members (excludes halogenated alkanes) is 3. The van der Waals surface area contributed by atoms with E-state index < -0.39 is 0 Å². The minimum atomic E-state index is 0.504. The molecule has 0 aromatic rings. The summed E-state index contributed by atoms with van der Waals surface area (Å²) in [6.07, 6.45) is 9.53. The summed E-state index contributed by atoms with van der Waals surface area (Å²) in [5, 5.41) is 0. The van der Waals surface area contributed by atoms with Crippen LogP contribution in [0, 0.1) is 0 Å². The fourth-order valence-corrected chi connectivity index (χ4v) is 1.79.